The van der Waals surface area contributed by atoms with Gasteiger partial charge in [-0.25, -0.2) is 0 Å². The van der Waals surface area contributed by atoms with Gasteiger partial charge >= 0.3 is 0 Å². The molecule has 0 aliphatic rings. The van der Waals surface area contributed by atoms with Crippen molar-refractivity contribution in [3.8, 4) is 5.75 Å². The molecule has 0 saturated heterocycles. The van der Waals surface area contributed by atoms with Gasteiger partial charge in [-0.05, 0) is 41.8 Å². The lowest BCUT2D eigenvalue weighted by Crippen LogP contribution is -1.92. The Hall–Kier alpha value is -1.67. The van der Waals surface area contributed by atoms with Gasteiger partial charge in [0.2, 0.25) is 0 Å². The molecule has 0 aliphatic heterocycles. The van der Waals surface area contributed by atoms with E-state index in [9.17, 15) is 0 Å². The molecule has 2 rings (SSSR count). The van der Waals surface area contributed by atoms with E-state index in [4.69, 9.17) is 22.1 Å². The highest BCUT2D eigenvalue weighted by Gasteiger charge is 2.02. The molecule has 3 heteroatoms. The van der Waals surface area contributed by atoms with E-state index in [2.05, 4.69) is 6.07 Å². The zero-order chi connectivity index (χ0) is 12.3. The first-order chi connectivity index (χ1) is 8.19. The van der Waals surface area contributed by atoms with Crippen LogP contribution < -0.4 is 10.5 Å². The van der Waals surface area contributed by atoms with E-state index in [0.29, 0.717) is 10.8 Å². The summed E-state index contributed by atoms with van der Waals surface area (Å²) in [5.41, 5.74) is 8.83. The summed E-state index contributed by atoms with van der Waals surface area (Å²) < 4.78 is 5.12. The highest BCUT2D eigenvalue weighted by atomic mass is 35.5. The number of ether oxygens (including phenoxy) is 1. The molecule has 0 atom stereocenters. The molecule has 2 aromatic rings. The molecular weight excluding hydrogens is 234 g/mol. The van der Waals surface area contributed by atoms with Crippen molar-refractivity contribution in [2.45, 2.75) is 6.42 Å². The third-order valence-electron chi connectivity index (χ3n) is 2.58. The maximum absolute atomic E-state index is 6.08. The fourth-order valence-corrected chi connectivity index (χ4v) is 2.04. The van der Waals surface area contributed by atoms with E-state index in [1.807, 2.05) is 36.4 Å². The van der Waals surface area contributed by atoms with E-state index in [0.717, 1.165) is 17.7 Å². The van der Waals surface area contributed by atoms with E-state index in [-0.39, 0.29) is 0 Å². The Morgan fingerprint density at radius 3 is 2.53 bits per heavy atom. The average molecular weight is 248 g/mol. The molecule has 0 fully saturated rings. The maximum Gasteiger partial charge on any atom is 0.137 e. The van der Waals surface area contributed by atoms with Gasteiger partial charge < -0.3 is 10.5 Å². The van der Waals surface area contributed by atoms with Crippen molar-refractivity contribution in [3.63, 3.8) is 0 Å². The molecule has 2 N–H and O–H groups in total. The van der Waals surface area contributed by atoms with E-state index in [1.165, 1.54) is 5.56 Å². The SMILES string of the molecule is COc1ccc(Cc2cccc(N)c2)cc1Cl. The lowest BCUT2D eigenvalue weighted by molar-refractivity contribution is 0.415. The van der Waals surface area contributed by atoms with Crippen LogP contribution in [0.4, 0.5) is 5.69 Å². The second-order valence-electron chi connectivity index (χ2n) is 3.89. The number of benzene rings is 2. The van der Waals surface area contributed by atoms with Gasteiger partial charge in [-0.15, -0.1) is 0 Å². The Balaban J connectivity index is 2.22. The molecule has 0 bridgehead atoms. The van der Waals surface area contributed by atoms with Gasteiger partial charge in [0.05, 0.1) is 12.1 Å². The number of hydrogen-bond donors (Lipinski definition) is 1. The summed E-state index contributed by atoms with van der Waals surface area (Å²) in [4.78, 5) is 0. The zero-order valence-electron chi connectivity index (χ0n) is 9.61. The lowest BCUT2D eigenvalue weighted by atomic mass is 10.0. The number of methoxy groups -OCH3 is 1. The smallest absolute Gasteiger partial charge is 0.137 e. The molecule has 0 unspecified atom stereocenters. The number of halogens is 1. The van der Waals surface area contributed by atoms with E-state index in [1.54, 1.807) is 7.11 Å². The molecular formula is C14H14ClNO. The second-order valence-corrected chi connectivity index (χ2v) is 4.30. The summed E-state index contributed by atoms with van der Waals surface area (Å²) in [6.45, 7) is 0. The molecule has 0 radical (unpaired) electrons. The van der Waals surface area contributed by atoms with Crippen molar-refractivity contribution in [2.75, 3.05) is 12.8 Å². The minimum absolute atomic E-state index is 0.633. The van der Waals surface area contributed by atoms with Crippen molar-refractivity contribution in [3.05, 3.63) is 58.6 Å². The molecule has 0 aliphatic carbocycles. The predicted molar refractivity (Wildman–Crippen MR) is 71.7 cm³/mol. The van der Waals surface area contributed by atoms with Crippen LogP contribution in [-0.2, 0) is 6.42 Å². The predicted octanol–water partition coefficient (Wildman–Crippen LogP) is 3.52. The molecule has 17 heavy (non-hydrogen) atoms. The van der Waals surface area contributed by atoms with Gasteiger partial charge in [0, 0.05) is 5.69 Å². The van der Waals surface area contributed by atoms with Crippen LogP contribution in [0.3, 0.4) is 0 Å². The quantitative estimate of drug-likeness (QED) is 0.843. The third kappa shape index (κ3) is 2.92. The Morgan fingerprint density at radius 1 is 1.12 bits per heavy atom. The van der Waals surface area contributed by atoms with Crippen LogP contribution in [0.5, 0.6) is 5.75 Å². The van der Waals surface area contributed by atoms with Crippen LogP contribution in [0.25, 0.3) is 0 Å². The Kier molecular flexibility index (Phi) is 3.55. The van der Waals surface area contributed by atoms with Crippen molar-refractivity contribution >= 4 is 17.3 Å². The standard InChI is InChI=1S/C14H14ClNO/c1-17-14-6-5-11(9-13(14)15)7-10-3-2-4-12(16)8-10/h2-6,8-9H,7,16H2,1H3. The van der Waals surface area contributed by atoms with E-state index < -0.39 is 0 Å². The highest BCUT2D eigenvalue weighted by molar-refractivity contribution is 6.32. The fraction of sp³-hybridized carbons (Fsp3) is 0.143. The maximum atomic E-state index is 6.08. The van der Waals surface area contributed by atoms with E-state index >= 15 is 0 Å². The Labute approximate surface area is 106 Å². The first-order valence-electron chi connectivity index (χ1n) is 5.36. The number of nitrogens with two attached hydrogens (primary N) is 1. The van der Waals surface area contributed by atoms with Crippen molar-refractivity contribution < 1.29 is 4.74 Å². The van der Waals surface area contributed by atoms with Crippen LogP contribution in [0.2, 0.25) is 5.02 Å². The Morgan fingerprint density at radius 2 is 1.88 bits per heavy atom. The summed E-state index contributed by atoms with van der Waals surface area (Å²) >= 11 is 6.08. The monoisotopic (exact) mass is 247 g/mol. The van der Waals surface area contributed by atoms with Gasteiger partial charge in [0.25, 0.3) is 0 Å². The van der Waals surface area contributed by atoms with Crippen LogP contribution in [0.15, 0.2) is 42.5 Å². The van der Waals surface area contributed by atoms with Crippen molar-refractivity contribution in [1.29, 1.82) is 0 Å². The molecule has 0 amide bonds. The van der Waals surface area contributed by atoms with Crippen LogP contribution in [-0.4, -0.2) is 7.11 Å². The van der Waals surface area contributed by atoms with Crippen molar-refractivity contribution in [2.24, 2.45) is 0 Å². The first kappa shape index (κ1) is 11.8. The van der Waals surface area contributed by atoms with Gasteiger partial charge in [0.15, 0.2) is 0 Å². The summed E-state index contributed by atoms with van der Waals surface area (Å²) in [7, 11) is 1.61. The zero-order valence-corrected chi connectivity index (χ0v) is 10.4. The lowest BCUT2D eigenvalue weighted by Gasteiger charge is -2.06. The molecule has 0 aromatic heterocycles. The summed E-state index contributed by atoms with van der Waals surface area (Å²) in [5.74, 6) is 0.697. The normalized spacial score (nSPS) is 10.2. The number of nitrogen functional groups attached to an aromatic ring is 1. The molecule has 88 valence electrons. The van der Waals surface area contributed by atoms with Crippen molar-refractivity contribution in [1.82, 2.24) is 0 Å². The number of hydrogen-bond acceptors (Lipinski definition) is 2. The van der Waals surface area contributed by atoms with Gasteiger partial charge in [-0.3, -0.25) is 0 Å². The highest BCUT2D eigenvalue weighted by Crippen LogP contribution is 2.26. The summed E-state index contributed by atoms with van der Waals surface area (Å²) in [5, 5.41) is 0.633. The topological polar surface area (TPSA) is 35.2 Å². The van der Waals surface area contributed by atoms with Crippen LogP contribution in [0.1, 0.15) is 11.1 Å². The summed E-state index contributed by atoms with van der Waals surface area (Å²) in [6, 6.07) is 13.7. The van der Waals surface area contributed by atoms with Gasteiger partial charge in [0.1, 0.15) is 5.75 Å². The molecule has 2 nitrogen and oxygen atoms in total. The third-order valence-corrected chi connectivity index (χ3v) is 2.87. The fourth-order valence-electron chi connectivity index (χ4n) is 1.76. The number of anilines is 1. The minimum atomic E-state index is 0.633. The molecule has 0 saturated carbocycles. The molecule has 0 heterocycles. The largest absolute Gasteiger partial charge is 0.495 e. The average Bonchev–Trinajstić information content (AvgIpc) is 2.29. The van der Waals surface area contributed by atoms with Gasteiger partial charge in [-0.1, -0.05) is 29.8 Å². The van der Waals surface area contributed by atoms with Gasteiger partial charge in [-0.2, -0.15) is 0 Å². The van der Waals surface area contributed by atoms with Crippen LogP contribution in [0, 0.1) is 0 Å². The molecule has 2 aromatic carbocycles. The number of rotatable bonds is 3. The first-order valence-corrected chi connectivity index (χ1v) is 5.73. The second kappa shape index (κ2) is 5.11. The minimum Gasteiger partial charge on any atom is -0.495 e. The summed E-state index contributed by atoms with van der Waals surface area (Å²) in [6.07, 6.45) is 0.814. The van der Waals surface area contributed by atoms with Crippen LogP contribution >= 0.6 is 11.6 Å². The Bertz CT molecular complexity index is 525. The molecule has 0 spiro atoms.